The molecule has 6 heteroatoms. The third-order valence-corrected chi connectivity index (χ3v) is 3.02. The van der Waals surface area contributed by atoms with E-state index >= 15 is 0 Å². The van der Waals surface area contributed by atoms with E-state index in [2.05, 4.69) is 15.8 Å². The van der Waals surface area contributed by atoms with Gasteiger partial charge in [0.15, 0.2) is 0 Å². The van der Waals surface area contributed by atoms with Crippen LogP contribution in [0.2, 0.25) is 0 Å². The number of phosphoric ester groups is 1. The van der Waals surface area contributed by atoms with Crippen molar-refractivity contribution in [2.75, 3.05) is 34.4 Å². The summed E-state index contributed by atoms with van der Waals surface area (Å²) in [5.74, 6) is 0. The Morgan fingerprint density at radius 2 is 1.86 bits per heavy atom. The van der Waals surface area contributed by atoms with E-state index in [1.807, 2.05) is 11.6 Å². The first-order valence-electron chi connectivity index (χ1n) is 4.42. The smallest absolute Gasteiger partial charge is 0.290 e. The Morgan fingerprint density at radius 1 is 1.29 bits per heavy atom. The van der Waals surface area contributed by atoms with Crippen LogP contribution >= 0.6 is 7.82 Å². The summed E-state index contributed by atoms with van der Waals surface area (Å²) in [7, 11) is 1.22. The van der Waals surface area contributed by atoms with E-state index in [0.29, 0.717) is 6.61 Å². The number of nitrogens with zero attached hydrogens (tertiary/aromatic N) is 1. The van der Waals surface area contributed by atoms with Crippen molar-refractivity contribution >= 4 is 14.5 Å². The van der Waals surface area contributed by atoms with Crippen molar-refractivity contribution in [3.8, 4) is 0 Å². The zero-order valence-electron chi connectivity index (χ0n) is 9.06. The van der Waals surface area contributed by atoms with Gasteiger partial charge < -0.3 is 0 Å². The molecule has 0 aromatic carbocycles. The molecule has 0 aliphatic heterocycles. The number of rotatable bonds is 8. The maximum atomic E-state index is 11.4. The molecule has 0 heterocycles. The van der Waals surface area contributed by atoms with E-state index in [4.69, 9.17) is 4.52 Å². The van der Waals surface area contributed by atoms with Crippen molar-refractivity contribution in [1.29, 1.82) is 0 Å². The summed E-state index contributed by atoms with van der Waals surface area (Å²) in [4.78, 5) is 0. The van der Waals surface area contributed by atoms with Crippen LogP contribution in [0, 0.1) is 0 Å². The molecule has 5 nitrogen and oxygen atoms in total. The number of hydrogen-bond acceptors (Lipinski definition) is 4. The van der Waals surface area contributed by atoms with Crippen molar-refractivity contribution in [2.45, 2.75) is 12.8 Å². The first-order valence-corrected chi connectivity index (χ1v) is 5.88. The van der Waals surface area contributed by atoms with E-state index in [-0.39, 0.29) is 0 Å². The highest BCUT2D eigenvalue weighted by Crippen LogP contribution is 2.47. The van der Waals surface area contributed by atoms with Crippen LogP contribution in [0.3, 0.4) is 0 Å². The molecule has 0 spiro atoms. The van der Waals surface area contributed by atoms with Gasteiger partial charge in [-0.05, 0) is 6.42 Å². The van der Waals surface area contributed by atoms with Crippen molar-refractivity contribution in [2.24, 2.45) is 0 Å². The minimum absolute atomic E-state index is 0.368. The van der Waals surface area contributed by atoms with Crippen molar-refractivity contribution in [1.82, 2.24) is 0 Å². The fraction of sp³-hybridized carbons (Fsp3) is 0.875. The van der Waals surface area contributed by atoms with Gasteiger partial charge in [-0.3, -0.25) is 13.6 Å². The maximum absolute atomic E-state index is 11.4. The van der Waals surface area contributed by atoms with Crippen molar-refractivity contribution in [3.05, 3.63) is 0 Å². The van der Waals surface area contributed by atoms with E-state index in [0.717, 1.165) is 19.4 Å². The Labute approximate surface area is 85.3 Å². The van der Waals surface area contributed by atoms with Gasteiger partial charge in [0.1, 0.15) is 20.3 Å². The molecular weight excluding hydrogens is 205 g/mol. The Balaban J connectivity index is 3.53. The molecule has 14 heavy (non-hydrogen) atoms. The van der Waals surface area contributed by atoms with Crippen LogP contribution in [0.15, 0.2) is 0 Å². The first-order chi connectivity index (χ1) is 6.54. The van der Waals surface area contributed by atoms with Crippen LogP contribution in [0.25, 0.3) is 0 Å². The summed E-state index contributed by atoms with van der Waals surface area (Å²) in [6.45, 7) is 4.96. The highest BCUT2D eigenvalue weighted by Gasteiger charge is 2.21. The van der Waals surface area contributed by atoms with E-state index in [1.165, 1.54) is 14.2 Å². The molecule has 0 radical (unpaired) electrons. The van der Waals surface area contributed by atoms with Crippen LogP contribution in [-0.4, -0.2) is 45.7 Å². The zero-order chi connectivity index (χ0) is 11.0. The predicted octanol–water partition coefficient (Wildman–Crippen LogP) is 1.53. The summed E-state index contributed by atoms with van der Waals surface area (Å²) >= 11 is 0. The molecule has 0 bridgehead atoms. The molecule has 0 atom stereocenters. The molecule has 0 N–H and O–H groups in total. The Morgan fingerprint density at radius 3 is 2.29 bits per heavy atom. The summed E-state index contributed by atoms with van der Waals surface area (Å²) in [5.41, 5.74) is 0. The molecule has 0 saturated carbocycles. The minimum atomic E-state index is -3.27. The largest absolute Gasteiger partial charge is 0.474 e. The highest BCUT2D eigenvalue weighted by atomic mass is 31.2. The molecule has 84 valence electrons. The van der Waals surface area contributed by atoms with Crippen LogP contribution < -0.4 is 0 Å². The second-order valence-corrected chi connectivity index (χ2v) is 4.82. The zero-order valence-corrected chi connectivity index (χ0v) is 9.96. The van der Waals surface area contributed by atoms with Gasteiger partial charge in [0, 0.05) is 20.6 Å². The van der Waals surface area contributed by atoms with E-state index in [9.17, 15) is 4.57 Å². The molecule has 0 aliphatic rings. The van der Waals surface area contributed by atoms with Gasteiger partial charge in [-0.1, -0.05) is 0 Å². The van der Waals surface area contributed by atoms with E-state index < -0.39 is 7.82 Å². The quantitative estimate of drug-likeness (QED) is 0.271. The van der Waals surface area contributed by atoms with Gasteiger partial charge in [-0.2, -0.15) is 0 Å². The average Bonchev–Trinajstić information content (AvgIpc) is 2.16. The fourth-order valence-corrected chi connectivity index (χ4v) is 1.55. The number of unbranched alkanes of at least 4 members (excludes halogenated alkanes) is 1. The Kier molecular flexibility index (Phi) is 7.01. The minimum Gasteiger partial charge on any atom is -0.290 e. The highest BCUT2D eigenvalue weighted by molar-refractivity contribution is 7.48. The van der Waals surface area contributed by atoms with Gasteiger partial charge in [0.05, 0.1) is 6.61 Å². The SMILES string of the molecule is C=[N+](C)CCCCOP(=O)(OC)OC. The second-order valence-electron chi connectivity index (χ2n) is 2.93. The molecular formula is C8H19NO4P+. The van der Waals surface area contributed by atoms with Crippen LogP contribution in [-0.2, 0) is 18.1 Å². The lowest BCUT2D eigenvalue weighted by Gasteiger charge is -2.12. The summed E-state index contributed by atoms with van der Waals surface area (Å²) in [6, 6.07) is 0. The van der Waals surface area contributed by atoms with Gasteiger partial charge >= 0.3 is 7.82 Å². The third-order valence-electron chi connectivity index (χ3n) is 1.63. The molecule has 0 aromatic rings. The topological polar surface area (TPSA) is 47.8 Å². The maximum Gasteiger partial charge on any atom is 0.474 e. The fourth-order valence-electron chi connectivity index (χ4n) is 0.840. The monoisotopic (exact) mass is 224 g/mol. The van der Waals surface area contributed by atoms with Crippen LogP contribution in [0.4, 0.5) is 0 Å². The van der Waals surface area contributed by atoms with Gasteiger partial charge in [0.25, 0.3) is 0 Å². The molecule has 0 unspecified atom stereocenters. The lowest BCUT2D eigenvalue weighted by molar-refractivity contribution is -0.488. The van der Waals surface area contributed by atoms with Crippen molar-refractivity contribution < 1.29 is 22.7 Å². The van der Waals surface area contributed by atoms with Gasteiger partial charge in [-0.25, -0.2) is 9.14 Å². The van der Waals surface area contributed by atoms with Crippen LogP contribution in [0.1, 0.15) is 12.8 Å². The third kappa shape index (κ3) is 6.27. The molecule has 0 saturated heterocycles. The second kappa shape index (κ2) is 7.12. The Hall–Kier alpha value is -0.220. The summed E-state index contributed by atoms with van der Waals surface area (Å²) in [6.07, 6.45) is 1.74. The first kappa shape index (κ1) is 13.8. The molecule has 0 aromatic heterocycles. The Bertz CT molecular complexity index is 211. The summed E-state index contributed by atoms with van der Waals surface area (Å²) in [5, 5.41) is 0. The number of hydrogen-bond donors (Lipinski definition) is 0. The molecule has 0 amide bonds. The lowest BCUT2D eigenvalue weighted by Crippen LogP contribution is -2.05. The predicted molar refractivity (Wildman–Crippen MR) is 55.0 cm³/mol. The summed E-state index contributed by atoms with van der Waals surface area (Å²) < 4.78 is 27.4. The standard InChI is InChI=1S/C8H19NO4P/c1-9(2)7-5-6-8-13-14(10,11-3)12-4/h1,5-8H2,2-4H3/q+1. The number of phosphoric acid groups is 1. The normalized spacial score (nSPS) is 11.6. The lowest BCUT2D eigenvalue weighted by atomic mass is 10.3. The van der Waals surface area contributed by atoms with Gasteiger partial charge in [0.2, 0.25) is 0 Å². The van der Waals surface area contributed by atoms with E-state index in [1.54, 1.807) is 0 Å². The van der Waals surface area contributed by atoms with Gasteiger partial charge in [-0.15, -0.1) is 0 Å². The molecule has 0 aliphatic carbocycles. The van der Waals surface area contributed by atoms with Crippen LogP contribution in [0.5, 0.6) is 0 Å². The molecule has 0 fully saturated rings. The van der Waals surface area contributed by atoms with Crippen molar-refractivity contribution in [3.63, 3.8) is 0 Å². The average molecular weight is 224 g/mol. The molecule has 0 rings (SSSR count).